The molecular formula is C22H26N4O7S2. The third-order valence-electron chi connectivity index (χ3n) is 3.98. The normalized spacial score (nSPS) is 12.7. The van der Waals surface area contributed by atoms with E-state index in [9.17, 15) is 14.4 Å². The molecule has 0 aliphatic carbocycles. The van der Waals surface area contributed by atoms with Crippen molar-refractivity contribution in [3.05, 3.63) is 27.7 Å². The Kier molecular flexibility index (Phi) is 7.60. The van der Waals surface area contributed by atoms with Gasteiger partial charge in [0.25, 0.3) is 0 Å². The maximum absolute atomic E-state index is 12.8. The molecule has 1 amide bonds. The minimum Gasteiger partial charge on any atom is -0.476 e. The Morgan fingerprint density at radius 2 is 1.69 bits per heavy atom. The van der Waals surface area contributed by atoms with Gasteiger partial charge in [-0.25, -0.2) is 29.3 Å². The van der Waals surface area contributed by atoms with E-state index in [0.29, 0.717) is 21.4 Å². The minimum atomic E-state index is -1.13. The Balaban J connectivity index is 1.76. The summed E-state index contributed by atoms with van der Waals surface area (Å²) in [6, 6.07) is -1.02. The first-order valence-corrected chi connectivity index (χ1v) is 12.3. The molecule has 2 N–H and O–H groups in total. The zero-order chi connectivity index (χ0) is 26.0. The highest BCUT2D eigenvalue weighted by Gasteiger charge is 2.30. The van der Waals surface area contributed by atoms with Crippen LogP contribution in [0.5, 0.6) is 0 Å². The lowest BCUT2D eigenvalue weighted by Crippen LogP contribution is -2.47. The zero-order valence-corrected chi connectivity index (χ0v) is 21.7. The number of hydrogen-bond acceptors (Lipinski definition) is 11. The number of aromatic carboxylic acids is 1. The summed E-state index contributed by atoms with van der Waals surface area (Å²) in [5.74, 6) is -1.53. The third kappa shape index (κ3) is 7.59. The van der Waals surface area contributed by atoms with Crippen molar-refractivity contribution in [2.45, 2.75) is 65.2 Å². The van der Waals surface area contributed by atoms with Gasteiger partial charge in [0.1, 0.15) is 39.9 Å². The van der Waals surface area contributed by atoms with Gasteiger partial charge in [-0.1, -0.05) is 0 Å². The fourth-order valence-electron chi connectivity index (χ4n) is 2.67. The van der Waals surface area contributed by atoms with E-state index < -0.39 is 35.3 Å². The average Bonchev–Trinajstić information content (AvgIpc) is 3.44. The predicted molar refractivity (Wildman–Crippen MR) is 128 cm³/mol. The van der Waals surface area contributed by atoms with Gasteiger partial charge in [0.15, 0.2) is 5.69 Å². The van der Waals surface area contributed by atoms with E-state index in [0.717, 1.165) is 11.3 Å². The summed E-state index contributed by atoms with van der Waals surface area (Å²) in [4.78, 5) is 48.9. The number of esters is 1. The molecule has 0 saturated heterocycles. The number of oxazole rings is 1. The fourth-order valence-corrected chi connectivity index (χ4v) is 4.23. The second kappa shape index (κ2) is 10.1. The number of hydrogen-bond donors (Lipinski definition) is 2. The standard InChI is InChI=1S/C22H26N4O7S2/c1-21(2,3)32-19(29)11(26-20(30)33-22(4,5)6)7-15-23-13(9-34-15)16-24-12(8-31-16)17-25-14(10-35-17)18(27)28/h8-11H,7H2,1-6H3,(H,26,30)(H,27,28). The summed E-state index contributed by atoms with van der Waals surface area (Å²) < 4.78 is 16.2. The van der Waals surface area contributed by atoms with Crippen molar-refractivity contribution in [1.29, 1.82) is 0 Å². The monoisotopic (exact) mass is 522 g/mol. The Labute approximate surface area is 209 Å². The van der Waals surface area contributed by atoms with Crippen molar-refractivity contribution < 1.29 is 33.4 Å². The summed E-state index contributed by atoms with van der Waals surface area (Å²) in [6.45, 7) is 10.4. The maximum atomic E-state index is 12.8. The lowest BCUT2D eigenvalue weighted by Gasteiger charge is -2.25. The van der Waals surface area contributed by atoms with E-state index in [1.54, 1.807) is 46.9 Å². The van der Waals surface area contributed by atoms with Crippen LogP contribution in [0.4, 0.5) is 4.79 Å². The van der Waals surface area contributed by atoms with Crippen molar-refractivity contribution in [1.82, 2.24) is 20.3 Å². The number of alkyl carbamates (subject to hydrolysis) is 1. The van der Waals surface area contributed by atoms with E-state index in [1.807, 2.05) is 0 Å². The molecule has 0 aliphatic rings. The van der Waals surface area contributed by atoms with Crippen molar-refractivity contribution in [3.8, 4) is 22.3 Å². The van der Waals surface area contributed by atoms with Crippen LogP contribution in [0.2, 0.25) is 0 Å². The van der Waals surface area contributed by atoms with Crippen LogP contribution in [-0.2, 0) is 20.7 Å². The highest BCUT2D eigenvalue weighted by molar-refractivity contribution is 7.13. The largest absolute Gasteiger partial charge is 0.476 e. The molecule has 0 bridgehead atoms. The number of amides is 1. The molecule has 3 aromatic rings. The summed E-state index contributed by atoms with van der Waals surface area (Å²) in [5, 5.41) is 15.7. The molecule has 0 fully saturated rings. The van der Waals surface area contributed by atoms with Crippen LogP contribution >= 0.6 is 22.7 Å². The number of carbonyl (C=O) groups excluding carboxylic acids is 2. The summed E-state index contributed by atoms with van der Waals surface area (Å²) in [6.07, 6.45) is 0.694. The molecule has 3 aromatic heterocycles. The van der Waals surface area contributed by atoms with Gasteiger partial charge in [0.2, 0.25) is 5.89 Å². The lowest BCUT2D eigenvalue weighted by atomic mass is 10.1. The molecule has 188 valence electrons. The van der Waals surface area contributed by atoms with Gasteiger partial charge in [-0.05, 0) is 41.5 Å². The lowest BCUT2D eigenvalue weighted by molar-refractivity contribution is -0.157. The number of thiazole rings is 2. The molecule has 11 nitrogen and oxygen atoms in total. The molecule has 0 spiro atoms. The Morgan fingerprint density at radius 1 is 1.00 bits per heavy atom. The quantitative estimate of drug-likeness (QED) is 0.427. The van der Waals surface area contributed by atoms with Gasteiger partial charge in [-0.15, -0.1) is 22.7 Å². The van der Waals surface area contributed by atoms with Crippen molar-refractivity contribution in [2.75, 3.05) is 0 Å². The van der Waals surface area contributed by atoms with Gasteiger partial charge in [0, 0.05) is 17.2 Å². The van der Waals surface area contributed by atoms with Crippen molar-refractivity contribution in [3.63, 3.8) is 0 Å². The zero-order valence-electron chi connectivity index (χ0n) is 20.1. The second-order valence-electron chi connectivity index (χ2n) is 9.44. The summed E-state index contributed by atoms with van der Waals surface area (Å²) in [7, 11) is 0. The van der Waals surface area contributed by atoms with Gasteiger partial charge in [0.05, 0.1) is 5.01 Å². The predicted octanol–water partition coefficient (Wildman–Crippen LogP) is 4.40. The van der Waals surface area contributed by atoms with Gasteiger partial charge >= 0.3 is 18.0 Å². The molecule has 0 aromatic carbocycles. The first kappa shape index (κ1) is 26.3. The highest BCUT2D eigenvalue weighted by atomic mass is 32.1. The van der Waals surface area contributed by atoms with Crippen LogP contribution in [0, 0.1) is 0 Å². The molecule has 3 rings (SSSR count). The highest BCUT2D eigenvalue weighted by Crippen LogP contribution is 2.28. The number of aromatic nitrogens is 3. The molecule has 13 heteroatoms. The average molecular weight is 523 g/mol. The second-order valence-corrected chi connectivity index (χ2v) is 11.2. The molecule has 1 unspecified atom stereocenters. The summed E-state index contributed by atoms with van der Waals surface area (Å²) >= 11 is 2.39. The molecule has 1 atom stereocenters. The minimum absolute atomic E-state index is 0.0703. The SMILES string of the molecule is CC(C)(C)OC(=O)NC(Cc1nc(-c2nc(-c3nc(C(=O)O)cs3)co2)cs1)C(=O)OC(C)(C)C. The van der Waals surface area contributed by atoms with Crippen LogP contribution in [0.3, 0.4) is 0 Å². The number of nitrogens with zero attached hydrogens (tertiary/aromatic N) is 3. The topological polar surface area (TPSA) is 154 Å². The molecule has 0 saturated carbocycles. The Bertz CT molecular complexity index is 1220. The van der Waals surface area contributed by atoms with E-state index in [1.165, 1.54) is 23.0 Å². The van der Waals surface area contributed by atoms with Gasteiger partial charge in [-0.3, -0.25) is 0 Å². The number of ether oxygens (including phenoxy) is 2. The Hall–Kier alpha value is -3.32. The van der Waals surface area contributed by atoms with Crippen LogP contribution < -0.4 is 5.32 Å². The number of nitrogens with one attached hydrogen (secondary N) is 1. The molecular weight excluding hydrogens is 496 g/mol. The first-order valence-electron chi connectivity index (χ1n) is 10.5. The van der Waals surface area contributed by atoms with Crippen LogP contribution in [0.1, 0.15) is 57.0 Å². The van der Waals surface area contributed by atoms with Gasteiger partial charge in [-0.2, -0.15) is 0 Å². The number of rotatable bonds is 7. The molecule has 0 aliphatic heterocycles. The van der Waals surface area contributed by atoms with E-state index in [-0.39, 0.29) is 18.0 Å². The van der Waals surface area contributed by atoms with Crippen LogP contribution in [0.25, 0.3) is 22.3 Å². The van der Waals surface area contributed by atoms with E-state index in [2.05, 4.69) is 20.3 Å². The number of carbonyl (C=O) groups is 3. The Morgan fingerprint density at radius 3 is 2.29 bits per heavy atom. The fraction of sp³-hybridized carbons (Fsp3) is 0.455. The maximum Gasteiger partial charge on any atom is 0.408 e. The van der Waals surface area contributed by atoms with Crippen molar-refractivity contribution >= 4 is 40.7 Å². The number of carboxylic acids is 1. The van der Waals surface area contributed by atoms with Crippen molar-refractivity contribution in [2.24, 2.45) is 0 Å². The number of carboxylic acid groups (broad SMARTS) is 1. The van der Waals surface area contributed by atoms with Crippen LogP contribution in [-0.4, -0.2) is 55.3 Å². The first-order chi connectivity index (χ1) is 16.2. The molecule has 35 heavy (non-hydrogen) atoms. The molecule has 0 radical (unpaired) electrons. The smallest absolute Gasteiger partial charge is 0.408 e. The van der Waals surface area contributed by atoms with Crippen LogP contribution in [0.15, 0.2) is 21.4 Å². The van der Waals surface area contributed by atoms with E-state index in [4.69, 9.17) is 19.0 Å². The third-order valence-corrected chi connectivity index (χ3v) is 5.71. The summed E-state index contributed by atoms with van der Waals surface area (Å²) in [5.41, 5.74) is -0.751. The molecule has 3 heterocycles. The van der Waals surface area contributed by atoms with E-state index >= 15 is 0 Å². The van der Waals surface area contributed by atoms with Gasteiger partial charge < -0.3 is 24.3 Å².